The molecule has 0 aliphatic heterocycles. The Bertz CT molecular complexity index is 581. The van der Waals surface area contributed by atoms with Gasteiger partial charge in [-0.3, -0.25) is 4.99 Å². The highest BCUT2D eigenvalue weighted by Gasteiger charge is 2.20. The molecule has 0 unspecified atom stereocenters. The minimum Gasteiger partial charge on any atom is -0.357 e. The van der Waals surface area contributed by atoms with Crippen molar-refractivity contribution in [1.29, 1.82) is 0 Å². The third kappa shape index (κ3) is 5.67. The Balaban J connectivity index is 1.76. The Morgan fingerprint density at radius 3 is 2.59 bits per heavy atom. The van der Waals surface area contributed by atoms with Gasteiger partial charge < -0.3 is 10.6 Å². The zero-order valence-electron chi connectivity index (χ0n) is 13.1. The van der Waals surface area contributed by atoms with Gasteiger partial charge in [0.2, 0.25) is 0 Å². The first-order chi connectivity index (χ1) is 10.6. The predicted octanol–water partition coefficient (Wildman–Crippen LogP) is 1.82. The van der Waals surface area contributed by atoms with Gasteiger partial charge in [0.1, 0.15) is 0 Å². The lowest BCUT2D eigenvalue weighted by molar-refractivity contribution is 0.592. The SMILES string of the molecule is CCNC(=NCC1CC1)NCCCS(=O)(=O)c1ccccc1. The fourth-order valence-electron chi connectivity index (χ4n) is 2.08. The Labute approximate surface area is 133 Å². The maximum absolute atomic E-state index is 12.2. The van der Waals surface area contributed by atoms with E-state index in [1.165, 1.54) is 12.8 Å². The molecule has 0 atom stereocenters. The number of guanidine groups is 1. The third-order valence-corrected chi connectivity index (χ3v) is 5.35. The first-order valence-electron chi connectivity index (χ1n) is 7.92. The molecule has 0 saturated heterocycles. The molecule has 5 nitrogen and oxygen atoms in total. The highest BCUT2D eigenvalue weighted by molar-refractivity contribution is 7.91. The summed E-state index contributed by atoms with van der Waals surface area (Å²) in [7, 11) is -3.19. The summed E-state index contributed by atoms with van der Waals surface area (Å²) in [5.74, 6) is 1.67. The fraction of sp³-hybridized carbons (Fsp3) is 0.562. The van der Waals surface area contributed by atoms with Crippen molar-refractivity contribution < 1.29 is 8.42 Å². The zero-order valence-corrected chi connectivity index (χ0v) is 13.9. The van der Waals surface area contributed by atoms with Crippen LogP contribution in [0.2, 0.25) is 0 Å². The lowest BCUT2D eigenvalue weighted by atomic mass is 10.4. The summed E-state index contributed by atoms with van der Waals surface area (Å²) in [6, 6.07) is 8.60. The zero-order chi connectivity index (χ0) is 15.8. The Morgan fingerprint density at radius 2 is 1.95 bits per heavy atom. The van der Waals surface area contributed by atoms with Crippen LogP contribution >= 0.6 is 0 Å². The van der Waals surface area contributed by atoms with Gasteiger partial charge in [0.15, 0.2) is 15.8 Å². The van der Waals surface area contributed by atoms with Crippen molar-refractivity contribution in [2.24, 2.45) is 10.9 Å². The van der Waals surface area contributed by atoms with E-state index in [0.717, 1.165) is 25.0 Å². The van der Waals surface area contributed by atoms with Gasteiger partial charge >= 0.3 is 0 Å². The van der Waals surface area contributed by atoms with E-state index in [1.54, 1.807) is 24.3 Å². The molecule has 2 N–H and O–H groups in total. The summed E-state index contributed by atoms with van der Waals surface area (Å²) in [5.41, 5.74) is 0. The van der Waals surface area contributed by atoms with Crippen molar-refractivity contribution in [2.45, 2.75) is 31.1 Å². The van der Waals surface area contributed by atoms with Crippen molar-refractivity contribution >= 4 is 15.8 Å². The van der Waals surface area contributed by atoms with E-state index >= 15 is 0 Å². The van der Waals surface area contributed by atoms with Gasteiger partial charge in [0, 0.05) is 19.6 Å². The number of nitrogens with zero attached hydrogens (tertiary/aromatic N) is 1. The molecule has 22 heavy (non-hydrogen) atoms. The Morgan fingerprint density at radius 1 is 1.23 bits per heavy atom. The van der Waals surface area contributed by atoms with Gasteiger partial charge in [0.25, 0.3) is 0 Å². The summed E-state index contributed by atoms with van der Waals surface area (Å²) < 4.78 is 24.3. The van der Waals surface area contributed by atoms with E-state index in [4.69, 9.17) is 0 Å². The van der Waals surface area contributed by atoms with Crippen LogP contribution in [0.3, 0.4) is 0 Å². The number of hydrogen-bond donors (Lipinski definition) is 2. The largest absolute Gasteiger partial charge is 0.357 e. The summed E-state index contributed by atoms with van der Waals surface area (Å²) in [6.45, 7) is 4.28. The molecule has 1 saturated carbocycles. The van der Waals surface area contributed by atoms with E-state index in [0.29, 0.717) is 17.9 Å². The normalized spacial score (nSPS) is 15.6. The highest BCUT2D eigenvalue weighted by atomic mass is 32.2. The molecule has 0 radical (unpaired) electrons. The van der Waals surface area contributed by atoms with Crippen molar-refractivity contribution in [3.63, 3.8) is 0 Å². The van der Waals surface area contributed by atoms with Crippen LogP contribution in [-0.4, -0.2) is 39.8 Å². The molecule has 0 bridgehead atoms. The second kappa shape index (κ2) is 8.17. The Kier molecular flexibility index (Phi) is 6.24. The number of nitrogens with one attached hydrogen (secondary N) is 2. The lowest BCUT2D eigenvalue weighted by Gasteiger charge is -2.11. The highest BCUT2D eigenvalue weighted by Crippen LogP contribution is 2.28. The van der Waals surface area contributed by atoms with Crippen LogP contribution in [0.25, 0.3) is 0 Å². The van der Waals surface area contributed by atoms with Crippen molar-refractivity contribution in [2.75, 3.05) is 25.4 Å². The number of hydrogen-bond acceptors (Lipinski definition) is 3. The van der Waals surface area contributed by atoms with Gasteiger partial charge in [0.05, 0.1) is 10.6 Å². The minimum absolute atomic E-state index is 0.145. The van der Waals surface area contributed by atoms with E-state index in [2.05, 4.69) is 15.6 Å². The number of aliphatic imine (C=N–C) groups is 1. The molecule has 122 valence electrons. The smallest absolute Gasteiger partial charge is 0.191 e. The molecular weight excluding hydrogens is 298 g/mol. The second-order valence-electron chi connectivity index (χ2n) is 5.58. The van der Waals surface area contributed by atoms with Crippen LogP contribution in [-0.2, 0) is 9.84 Å². The number of rotatable bonds is 8. The van der Waals surface area contributed by atoms with Gasteiger partial charge in [-0.05, 0) is 44.2 Å². The quantitative estimate of drug-likeness (QED) is 0.435. The van der Waals surface area contributed by atoms with Gasteiger partial charge in [-0.1, -0.05) is 18.2 Å². The van der Waals surface area contributed by atoms with Gasteiger partial charge in [-0.2, -0.15) is 0 Å². The standard InChI is InChI=1S/C16H25N3O2S/c1-2-17-16(19-13-14-9-10-14)18-11-6-12-22(20,21)15-7-4-3-5-8-15/h3-5,7-8,14H,2,6,9-13H2,1H3,(H2,17,18,19). The maximum Gasteiger partial charge on any atom is 0.191 e. The van der Waals surface area contributed by atoms with Crippen LogP contribution in [0.5, 0.6) is 0 Å². The van der Waals surface area contributed by atoms with E-state index in [9.17, 15) is 8.42 Å². The first-order valence-corrected chi connectivity index (χ1v) is 9.57. The molecule has 1 aliphatic carbocycles. The van der Waals surface area contributed by atoms with Crippen LogP contribution in [0, 0.1) is 5.92 Å². The Hall–Kier alpha value is -1.56. The minimum atomic E-state index is -3.19. The molecular formula is C16H25N3O2S. The molecule has 6 heteroatoms. The monoisotopic (exact) mass is 323 g/mol. The molecule has 0 amide bonds. The summed E-state index contributed by atoms with van der Waals surface area (Å²) in [5, 5.41) is 6.39. The van der Waals surface area contributed by atoms with Crippen LogP contribution in [0.1, 0.15) is 26.2 Å². The number of benzene rings is 1. The molecule has 1 aromatic carbocycles. The molecule has 0 spiro atoms. The van der Waals surface area contributed by atoms with Gasteiger partial charge in [-0.15, -0.1) is 0 Å². The average Bonchev–Trinajstić information content (AvgIpc) is 3.34. The first kappa shape index (κ1) is 16.8. The van der Waals surface area contributed by atoms with Crippen LogP contribution in [0.15, 0.2) is 40.2 Å². The third-order valence-electron chi connectivity index (χ3n) is 3.53. The molecule has 1 aliphatic rings. The lowest BCUT2D eigenvalue weighted by Crippen LogP contribution is -2.38. The molecule has 2 rings (SSSR count). The molecule has 1 aromatic rings. The number of sulfone groups is 1. The van der Waals surface area contributed by atoms with Crippen molar-refractivity contribution in [1.82, 2.24) is 10.6 Å². The second-order valence-corrected chi connectivity index (χ2v) is 7.68. The van der Waals surface area contributed by atoms with E-state index < -0.39 is 9.84 Å². The van der Waals surface area contributed by atoms with E-state index in [-0.39, 0.29) is 5.75 Å². The molecule has 1 fully saturated rings. The average molecular weight is 323 g/mol. The van der Waals surface area contributed by atoms with Crippen molar-refractivity contribution in [3.8, 4) is 0 Å². The summed E-state index contributed by atoms with van der Waals surface area (Å²) in [6.07, 6.45) is 3.11. The summed E-state index contributed by atoms with van der Waals surface area (Å²) >= 11 is 0. The molecule has 0 heterocycles. The van der Waals surface area contributed by atoms with Gasteiger partial charge in [-0.25, -0.2) is 8.42 Å². The van der Waals surface area contributed by atoms with E-state index in [1.807, 2.05) is 13.0 Å². The topological polar surface area (TPSA) is 70.6 Å². The molecule has 0 aromatic heterocycles. The van der Waals surface area contributed by atoms with Crippen LogP contribution < -0.4 is 10.6 Å². The summed E-state index contributed by atoms with van der Waals surface area (Å²) in [4.78, 5) is 4.91. The van der Waals surface area contributed by atoms with Crippen molar-refractivity contribution in [3.05, 3.63) is 30.3 Å². The fourth-order valence-corrected chi connectivity index (χ4v) is 3.41. The maximum atomic E-state index is 12.2. The predicted molar refractivity (Wildman–Crippen MR) is 89.8 cm³/mol. The van der Waals surface area contributed by atoms with Crippen LogP contribution in [0.4, 0.5) is 0 Å².